The average molecular weight is 275 g/mol. The van der Waals surface area contributed by atoms with E-state index in [9.17, 15) is 13.2 Å². The number of aromatic nitrogens is 2. The molecule has 0 radical (unpaired) electrons. The van der Waals surface area contributed by atoms with E-state index in [-0.39, 0.29) is 0 Å². The molecule has 0 aliphatic carbocycles. The number of aryl methyl sites for hydroxylation is 2. The first-order valence-corrected chi connectivity index (χ1v) is 5.99. The second-order valence-corrected chi connectivity index (χ2v) is 4.58. The Bertz CT molecular complexity index is 465. The van der Waals surface area contributed by atoms with Crippen LogP contribution in [-0.2, 0) is 23.7 Å². The van der Waals surface area contributed by atoms with Gasteiger partial charge in [-0.2, -0.15) is 21.6 Å². The molecule has 0 fully saturated rings. The van der Waals surface area contributed by atoms with Crippen LogP contribution in [0.5, 0.6) is 0 Å². The smallest absolute Gasteiger partial charge is 0.279 e. The Balaban J connectivity index is 0.000000304. The van der Waals surface area contributed by atoms with Crippen molar-refractivity contribution in [3.63, 3.8) is 0 Å². The number of imidazole rings is 1. The van der Waals surface area contributed by atoms with Crippen LogP contribution in [-0.4, -0.2) is 23.0 Å². The van der Waals surface area contributed by atoms with E-state index in [1.165, 1.54) is 5.82 Å². The van der Waals surface area contributed by atoms with Gasteiger partial charge in [-0.05, 0) is 6.92 Å². The first kappa shape index (κ1) is 15.9. The number of hydrogen-bond donors (Lipinski definition) is 1. The van der Waals surface area contributed by atoms with Crippen LogP contribution < -0.4 is 4.57 Å². The number of hydrogen-bond acceptors (Lipinski definition) is 2. The SMILES string of the molecule is CCn1cc[n+](C)c1C.O=S(=O)(O)C(F)(F)F. The Morgan fingerprint density at radius 1 is 1.47 bits per heavy atom. The van der Waals surface area contributed by atoms with Crippen molar-refractivity contribution in [3.8, 4) is 0 Å². The summed E-state index contributed by atoms with van der Waals surface area (Å²) in [6.45, 7) is 5.32. The molecule has 0 atom stereocenters. The van der Waals surface area contributed by atoms with Crippen molar-refractivity contribution in [2.45, 2.75) is 25.9 Å². The van der Waals surface area contributed by atoms with Crippen molar-refractivity contribution in [2.24, 2.45) is 7.05 Å². The van der Waals surface area contributed by atoms with Crippen LogP contribution in [0, 0.1) is 6.92 Å². The van der Waals surface area contributed by atoms with E-state index in [4.69, 9.17) is 13.0 Å². The lowest BCUT2D eigenvalue weighted by Crippen LogP contribution is -2.29. The van der Waals surface area contributed by atoms with Gasteiger partial charge < -0.3 is 0 Å². The van der Waals surface area contributed by atoms with Gasteiger partial charge in [0.15, 0.2) is 0 Å². The summed E-state index contributed by atoms with van der Waals surface area (Å²) < 4.78 is 61.9. The van der Waals surface area contributed by atoms with Gasteiger partial charge in [0, 0.05) is 6.92 Å². The van der Waals surface area contributed by atoms with Crippen molar-refractivity contribution in [1.82, 2.24) is 4.57 Å². The maximum absolute atomic E-state index is 10.7. The van der Waals surface area contributed by atoms with Crippen LogP contribution in [0.1, 0.15) is 12.7 Å². The summed E-state index contributed by atoms with van der Waals surface area (Å²) >= 11 is 0. The van der Waals surface area contributed by atoms with Gasteiger partial charge in [-0.1, -0.05) is 0 Å². The van der Waals surface area contributed by atoms with Crippen LogP contribution in [0.2, 0.25) is 0 Å². The molecule has 0 amide bonds. The summed E-state index contributed by atoms with van der Waals surface area (Å²) in [5, 5.41) is 0. The molecule has 1 N–H and O–H groups in total. The van der Waals surface area contributed by atoms with Gasteiger partial charge in [0.2, 0.25) is 0 Å². The van der Waals surface area contributed by atoms with E-state index >= 15 is 0 Å². The highest BCUT2D eigenvalue weighted by molar-refractivity contribution is 7.86. The molecule has 5 nitrogen and oxygen atoms in total. The maximum atomic E-state index is 10.7. The summed E-state index contributed by atoms with van der Waals surface area (Å²) in [6.07, 6.45) is 4.16. The average Bonchev–Trinajstić information content (AvgIpc) is 2.45. The standard InChI is InChI=1S/C7H13N2.CHF3O3S/c1-4-9-6-5-8(3)7(9)2;2-1(3,4)8(5,6)7/h5-6H,4H2,1-3H3;(H,5,6,7)/q+1;. The zero-order valence-electron chi connectivity index (χ0n) is 9.56. The van der Waals surface area contributed by atoms with Gasteiger partial charge >= 0.3 is 15.6 Å². The van der Waals surface area contributed by atoms with Crippen LogP contribution >= 0.6 is 0 Å². The highest BCUT2D eigenvalue weighted by atomic mass is 32.2. The minimum absolute atomic E-state index is 1.06. The number of alkyl halides is 3. The maximum Gasteiger partial charge on any atom is 0.522 e. The predicted molar refractivity (Wildman–Crippen MR) is 53.6 cm³/mol. The normalized spacial score (nSPS) is 11.9. The molecule has 0 aliphatic rings. The Kier molecular flexibility index (Phi) is 5.14. The molecule has 0 aromatic carbocycles. The Hall–Kier alpha value is -1.09. The largest absolute Gasteiger partial charge is 0.522 e. The fourth-order valence-corrected chi connectivity index (χ4v) is 0.933. The van der Waals surface area contributed by atoms with Gasteiger partial charge in [-0.15, -0.1) is 0 Å². The molecule has 100 valence electrons. The molecular weight excluding hydrogens is 261 g/mol. The minimum atomic E-state index is -5.84. The topological polar surface area (TPSA) is 63.2 Å². The third-order valence-electron chi connectivity index (χ3n) is 2.03. The Morgan fingerprint density at radius 2 is 1.88 bits per heavy atom. The van der Waals surface area contributed by atoms with Gasteiger partial charge in [-0.25, -0.2) is 9.13 Å². The predicted octanol–water partition coefficient (Wildman–Crippen LogP) is 1.03. The Labute approximate surface area is 97.2 Å². The van der Waals surface area contributed by atoms with Crippen LogP contribution in [0.4, 0.5) is 13.2 Å². The lowest BCUT2D eigenvalue weighted by molar-refractivity contribution is -0.677. The molecule has 9 heteroatoms. The van der Waals surface area contributed by atoms with Gasteiger partial charge in [0.25, 0.3) is 5.82 Å². The second kappa shape index (κ2) is 5.50. The summed E-state index contributed by atoms with van der Waals surface area (Å²) in [5.41, 5.74) is -5.53. The van der Waals surface area contributed by atoms with E-state index in [2.05, 4.69) is 42.4 Å². The zero-order valence-corrected chi connectivity index (χ0v) is 10.4. The van der Waals surface area contributed by atoms with Crippen molar-refractivity contribution in [3.05, 3.63) is 18.2 Å². The van der Waals surface area contributed by atoms with E-state index in [0.717, 1.165) is 6.54 Å². The number of rotatable bonds is 1. The van der Waals surface area contributed by atoms with Crippen LogP contribution in [0.15, 0.2) is 12.4 Å². The van der Waals surface area contributed by atoms with Gasteiger partial charge in [0.05, 0.1) is 13.6 Å². The lowest BCUT2D eigenvalue weighted by atomic mass is 10.6. The summed E-state index contributed by atoms with van der Waals surface area (Å²) in [6, 6.07) is 0. The lowest BCUT2D eigenvalue weighted by Gasteiger charge is -1.97. The fourth-order valence-electron chi connectivity index (χ4n) is 0.933. The first-order valence-electron chi connectivity index (χ1n) is 4.55. The van der Waals surface area contributed by atoms with Gasteiger partial charge in [0.1, 0.15) is 12.4 Å². The fraction of sp³-hybridized carbons (Fsp3) is 0.625. The third-order valence-corrected chi connectivity index (χ3v) is 2.61. The Morgan fingerprint density at radius 3 is 2.00 bits per heavy atom. The second-order valence-electron chi connectivity index (χ2n) is 3.16. The molecule has 0 spiro atoms. The summed E-state index contributed by atoms with van der Waals surface area (Å²) in [7, 11) is -3.78. The summed E-state index contributed by atoms with van der Waals surface area (Å²) in [5.74, 6) is 1.30. The van der Waals surface area contributed by atoms with Crippen LogP contribution in [0.3, 0.4) is 0 Å². The van der Waals surface area contributed by atoms with Crippen LogP contribution in [0.25, 0.3) is 0 Å². The minimum Gasteiger partial charge on any atom is -0.279 e. The molecule has 0 saturated heterocycles. The van der Waals surface area contributed by atoms with E-state index in [1.807, 2.05) is 0 Å². The molecule has 0 saturated carbocycles. The van der Waals surface area contributed by atoms with Crippen molar-refractivity contribution in [2.75, 3.05) is 0 Å². The molecular formula is C8H14F3N2O3S+. The first-order chi connectivity index (χ1) is 7.50. The van der Waals surface area contributed by atoms with E-state index in [1.54, 1.807) is 0 Å². The molecule has 0 aliphatic heterocycles. The van der Waals surface area contributed by atoms with E-state index < -0.39 is 15.6 Å². The highest BCUT2D eigenvalue weighted by Crippen LogP contribution is 2.20. The molecule has 0 bridgehead atoms. The molecule has 0 unspecified atom stereocenters. The van der Waals surface area contributed by atoms with Crippen molar-refractivity contribution in [1.29, 1.82) is 0 Å². The molecule has 1 heterocycles. The van der Waals surface area contributed by atoms with E-state index in [0.29, 0.717) is 0 Å². The van der Waals surface area contributed by atoms with Crippen molar-refractivity contribution < 1.29 is 30.7 Å². The quantitative estimate of drug-likeness (QED) is 0.473. The van der Waals surface area contributed by atoms with Gasteiger partial charge in [-0.3, -0.25) is 4.55 Å². The zero-order chi connectivity index (χ0) is 13.9. The monoisotopic (exact) mass is 275 g/mol. The number of halogens is 3. The molecule has 1 rings (SSSR count). The third kappa shape index (κ3) is 4.73. The molecule has 1 aromatic heterocycles. The molecule has 1 aromatic rings. The van der Waals surface area contributed by atoms with Crippen molar-refractivity contribution >= 4 is 10.1 Å². The molecule has 17 heavy (non-hydrogen) atoms. The highest BCUT2D eigenvalue weighted by Gasteiger charge is 2.44. The summed E-state index contributed by atoms with van der Waals surface area (Å²) in [4.78, 5) is 0. The number of nitrogens with zero attached hydrogens (tertiary/aromatic N) is 2.